The largest absolute Gasteiger partial charge is 0.370 e. The summed E-state index contributed by atoms with van der Waals surface area (Å²) in [7, 11) is 0. The molecule has 0 aliphatic rings. The van der Waals surface area contributed by atoms with Crippen molar-refractivity contribution in [2.24, 2.45) is 5.84 Å². The summed E-state index contributed by atoms with van der Waals surface area (Å²) in [6, 6.07) is 1.79. The molecule has 7 nitrogen and oxygen atoms in total. The zero-order valence-corrected chi connectivity index (χ0v) is 11.0. The molecule has 0 atom stereocenters. The van der Waals surface area contributed by atoms with Gasteiger partial charge in [0.1, 0.15) is 17.5 Å². The molecule has 0 bridgehead atoms. The third-order valence-corrected chi connectivity index (χ3v) is 2.69. The smallest absolute Gasteiger partial charge is 0.145 e. The minimum Gasteiger partial charge on any atom is -0.370 e. The van der Waals surface area contributed by atoms with Crippen molar-refractivity contribution >= 4 is 11.6 Å². The third kappa shape index (κ3) is 4.22. The lowest BCUT2D eigenvalue weighted by Gasteiger charge is -2.08. The minimum absolute atomic E-state index is 0.619. The van der Waals surface area contributed by atoms with Crippen molar-refractivity contribution in [2.45, 2.75) is 26.3 Å². The molecule has 0 saturated heterocycles. The van der Waals surface area contributed by atoms with E-state index >= 15 is 0 Å². The van der Waals surface area contributed by atoms with Crippen molar-refractivity contribution < 1.29 is 0 Å². The molecule has 0 aromatic carbocycles. The molecular formula is C12H19N7. The molecule has 0 fully saturated rings. The molecular weight excluding hydrogens is 242 g/mol. The molecule has 2 aromatic rings. The van der Waals surface area contributed by atoms with Crippen molar-refractivity contribution in [3.8, 4) is 0 Å². The number of unbranched alkanes of at least 4 members (excludes halogenated alkanes) is 1. The van der Waals surface area contributed by atoms with Crippen molar-refractivity contribution in [3.63, 3.8) is 0 Å². The molecule has 2 heterocycles. The van der Waals surface area contributed by atoms with Gasteiger partial charge in [0, 0.05) is 31.5 Å². The summed E-state index contributed by atoms with van der Waals surface area (Å²) in [6.45, 7) is 3.69. The van der Waals surface area contributed by atoms with Crippen LogP contribution in [0.3, 0.4) is 0 Å². The Labute approximate surface area is 112 Å². The Bertz CT molecular complexity index is 495. The number of aromatic nitrogens is 4. The summed E-state index contributed by atoms with van der Waals surface area (Å²) in [5.41, 5.74) is 2.53. The molecule has 4 N–H and O–H groups in total. The summed E-state index contributed by atoms with van der Waals surface area (Å²) >= 11 is 0. The SMILES string of the molecule is Cc1nc(NN)cc(NCCCCn2ccnc2)n1. The molecule has 19 heavy (non-hydrogen) atoms. The number of imidazole rings is 1. The number of nitrogens with one attached hydrogen (secondary N) is 2. The number of rotatable bonds is 7. The van der Waals surface area contributed by atoms with Gasteiger partial charge in [0.25, 0.3) is 0 Å². The first-order chi connectivity index (χ1) is 9.28. The van der Waals surface area contributed by atoms with Crippen LogP contribution in [0.4, 0.5) is 11.6 Å². The second-order valence-corrected chi connectivity index (χ2v) is 4.26. The Kier molecular flexibility index (Phi) is 4.68. The van der Waals surface area contributed by atoms with Gasteiger partial charge in [-0.2, -0.15) is 0 Å². The Balaban J connectivity index is 1.72. The van der Waals surface area contributed by atoms with E-state index in [9.17, 15) is 0 Å². The molecule has 0 aliphatic heterocycles. The Morgan fingerprint density at radius 1 is 1.26 bits per heavy atom. The lowest BCUT2D eigenvalue weighted by molar-refractivity contribution is 0.620. The highest BCUT2D eigenvalue weighted by Gasteiger charge is 2.00. The van der Waals surface area contributed by atoms with E-state index in [2.05, 4.69) is 30.3 Å². The summed E-state index contributed by atoms with van der Waals surface area (Å²) in [5, 5.41) is 3.27. The zero-order valence-electron chi connectivity index (χ0n) is 11.0. The molecule has 0 aliphatic carbocycles. The number of nitrogens with two attached hydrogens (primary N) is 1. The first-order valence-corrected chi connectivity index (χ1v) is 6.30. The summed E-state index contributed by atoms with van der Waals surface area (Å²) in [4.78, 5) is 12.4. The fourth-order valence-electron chi connectivity index (χ4n) is 1.79. The van der Waals surface area contributed by atoms with E-state index in [1.807, 2.05) is 19.4 Å². The van der Waals surface area contributed by atoms with Crippen LogP contribution in [0.2, 0.25) is 0 Å². The maximum atomic E-state index is 5.34. The predicted molar refractivity (Wildman–Crippen MR) is 74.5 cm³/mol. The maximum absolute atomic E-state index is 5.34. The number of hydrogen-bond donors (Lipinski definition) is 3. The van der Waals surface area contributed by atoms with Gasteiger partial charge in [-0.25, -0.2) is 20.8 Å². The monoisotopic (exact) mass is 261 g/mol. The minimum atomic E-state index is 0.619. The third-order valence-electron chi connectivity index (χ3n) is 2.69. The lowest BCUT2D eigenvalue weighted by Crippen LogP contribution is -2.12. The normalized spacial score (nSPS) is 10.4. The van der Waals surface area contributed by atoms with Crippen LogP contribution in [0.15, 0.2) is 24.8 Å². The average Bonchev–Trinajstić information content (AvgIpc) is 2.91. The number of nitrogens with zero attached hydrogens (tertiary/aromatic N) is 4. The molecule has 0 radical (unpaired) electrons. The molecule has 2 aromatic heterocycles. The van der Waals surface area contributed by atoms with Crippen molar-refractivity contribution in [1.82, 2.24) is 19.5 Å². The van der Waals surface area contributed by atoms with Crippen LogP contribution in [0.5, 0.6) is 0 Å². The van der Waals surface area contributed by atoms with E-state index in [1.165, 1.54) is 0 Å². The van der Waals surface area contributed by atoms with Gasteiger partial charge in [-0.3, -0.25) is 0 Å². The van der Waals surface area contributed by atoms with Gasteiger partial charge in [-0.15, -0.1) is 0 Å². The highest BCUT2D eigenvalue weighted by atomic mass is 15.3. The first-order valence-electron chi connectivity index (χ1n) is 6.30. The molecule has 7 heteroatoms. The summed E-state index contributed by atoms with van der Waals surface area (Å²) in [5.74, 6) is 7.45. The predicted octanol–water partition coefficient (Wildman–Crippen LogP) is 1.16. The number of nitrogen functional groups attached to an aromatic ring is 1. The van der Waals surface area contributed by atoms with Gasteiger partial charge in [0.2, 0.25) is 0 Å². The van der Waals surface area contributed by atoms with E-state index in [0.29, 0.717) is 11.6 Å². The van der Waals surface area contributed by atoms with Crippen LogP contribution in [0.1, 0.15) is 18.7 Å². The molecule has 2 rings (SSSR count). The van der Waals surface area contributed by atoms with Gasteiger partial charge < -0.3 is 15.3 Å². The van der Waals surface area contributed by atoms with Crippen LogP contribution < -0.4 is 16.6 Å². The van der Waals surface area contributed by atoms with Crippen molar-refractivity contribution in [2.75, 3.05) is 17.3 Å². The second-order valence-electron chi connectivity index (χ2n) is 4.26. The van der Waals surface area contributed by atoms with Gasteiger partial charge in [-0.1, -0.05) is 0 Å². The highest BCUT2D eigenvalue weighted by molar-refractivity contribution is 5.46. The number of hydrazine groups is 1. The maximum Gasteiger partial charge on any atom is 0.145 e. The van der Waals surface area contributed by atoms with Gasteiger partial charge >= 0.3 is 0 Å². The Morgan fingerprint density at radius 3 is 2.84 bits per heavy atom. The average molecular weight is 261 g/mol. The standard InChI is InChI=1S/C12H19N7/c1-10-16-11(8-12(17-10)18-13)15-4-2-3-6-19-7-5-14-9-19/h5,7-9H,2-4,6,13H2,1H3,(H2,15,16,17,18). The quantitative estimate of drug-likeness (QED) is 0.393. The van der Waals surface area contributed by atoms with E-state index in [4.69, 9.17) is 5.84 Å². The second kappa shape index (κ2) is 6.69. The van der Waals surface area contributed by atoms with E-state index in [0.717, 1.165) is 31.7 Å². The number of hydrogen-bond acceptors (Lipinski definition) is 6. The van der Waals surface area contributed by atoms with Crippen LogP contribution in [-0.2, 0) is 6.54 Å². The zero-order chi connectivity index (χ0) is 13.5. The van der Waals surface area contributed by atoms with Gasteiger partial charge in [0.15, 0.2) is 0 Å². The topological polar surface area (TPSA) is 93.7 Å². The molecule has 0 unspecified atom stereocenters. The lowest BCUT2D eigenvalue weighted by atomic mass is 10.3. The fourth-order valence-corrected chi connectivity index (χ4v) is 1.79. The molecule has 0 amide bonds. The van der Waals surface area contributed by atoms with Crippen LogP contribution in [0.25, 0.3) is 0 Å². The fraction of sp³-hybridized carbons (Fsp3) is 0.417. The Hall–Kier alpha value is -2.15. The van der Waals surface area contributed by atoms with Crippen molar-refractivity contribution in [3.05, 3.63) is 30.6 Å². The first kappa shape index (κ1) is 13.3. The summed E-state index contributed by atoms with van der Waals surface area (Å²) < 4.78 is 2.07. The van der Waals surface area contributed by atoms with Crippen LogP contribution >= 0.6 is 0 Å². The van der Waals surface area contributed by atoms with Gasteiger partial charge in [0.05, 0.1) is 6.33 Å². The van der Waals surface area contributed by atoms with E-state index in [-0.39, 0.29) is 0 Å². The highest BCUT2D eigenvalue weighted by Crippen LogP contribution is 2.09. The van der Waals surface area contributed by atoms with Crippen LogP contribution in [0, 0.1) is 6.92 Å². The summed E-state index contributed by atoms with van der Waals surface area (Å²) in [6.07, 6.45) is 7.76. The number of aryl methyl sites for hydroxylation is 2. The molecule has 0 spiro atoms. The van der Waals surface area contributed by atoms with Crippen molar-refractivity contribution in [1.29, 1.82) is 0 Å². The van der Waals surface area contributed by atoms with E-state index < -0.39 is 0 Å². The van der Waals surface area contributed by atoms with Gasteiger partial charge in [-0.05, 0) is 19.8 Å². The Morgan fingerprint density at radius 2 is 2.11 bits per heavy atom. The van der Waals surface area contributed by atoms with Crippen LogP contribution in [-0.4, -0.2) is 26.1 Å². The van der Waals surface area contributed by atoms with E-state index in [1.54, 1.807) is 12.3 Å². The molecule has 0 saturated carbocycles. The molecule has 102 valence electrons. The number of anilines is 2.